The van der Waals surface area contributed by atoms with Crippen molar-refractivity contribution >= 4 is 6.03 Å². The molecule has 1 aliphatic rings. The molecule has 0 radical (unpaired) electrons. The number of aryl methyl sites for hydroxylation is 1. The Morgan fingerprint density at radius 3 is 2.85 bits per heavy atom. The molecule has 1 aromatic heterocycles. The normalized spacial score (nSPS) is 23.6. The van der Waals surface area contributed by atoms with Gasteiger partial charge in [0.05, 0.1) is 6.61 Å². The monoisotopic (exact) mass is 280 g/mol. The Morgan fingerprint density at radius 1 is 1.50 bits per heavy atom. The van der Waals surface area contributed by atoms with Crippen LogP contribution in [-0.2, 0) is 4.74 Å². The minimum atomic E-state index is -0.259. The number of ether oxygens (including phenoxy) is 1. The topological polar surface area (TPSA) is 63.5 Å². The first-order valence-corrected chi connectivity index (χ1v) is 7.22. The van der Waals surface area contributed by atoms with E-state index in [1.807, 2.05) is 19.1 Å². The minimum absolute atomic E-state index is 0.153. The highest BCUT2D eigenvalue weighted by atomic mass is 16.5. The van der Waals surface area contributed by atoms with Crippen molar-refractivity contribution in [2.45, 2.75) is 45.2 Å². The van der Waals surface area contributed by atoms with Gasteiger partial charge in [-0.15, -0.1) is 0 Å². The summed E-state index contributed by atoms with van der Waals surface area (Å²) in [6, 6.07) is 3.62. The van der Waals surface area contributed by atoms with Gasteiger partial charge in [-0.3, -0.25) is 0 Å². The molecule has 1 fully saturated rings. The molecule has 0 aliphatic heterocycles. The fourth-order valence-electron chi connectivity index (χ4n) is 2.73. The van der Waals surface area contributed by atoms with Crippen molar-refractivity contribution in [3.63, 3.8) is 0 Å². The van der Waals surface area contributed by atoms with E-state index in [1.54, 1.807) is 7.11 Å². The molecule has 1 aromatic rings. The average molecular weight is 280 g/mol. The van der Waals surface area contributed by atoms with Crippen molar-refractivity contribution in [3.8, 4) is 0 Å². The lowest BCUT2D eigenvalue weighted by molar-refractivity contribution is 0.155. The van der Waals surface area contributed by atoms with Crippen molar-refractivity contribution in [1.29, 1.82) is 0 Å². The van der Waals surface area contributed by atoms with Crippen LogP contribution in [0.15, 0.2) is 16.5 Å². The molecule has 0 saturated heterocycles. The van der Waals surface area contributed by atoms with Gasteiger partial charge < -0.3 is 19.8 Å². The molecule has 20 heavy (non-hydrogen) atoms. The van der Waals surface area contributed by atoms with E-state index in [9.17, 15) is 4.79 Å². The highest BCUT2D eigenvalue weighted by molar-refractivity contribution is 5.74. The Balaban J connectivity index is 1.92. The molecular weight excluding hydrogens is 256 g/mol. The van der Waals surface area contributed by atoms with Crippen molar-refractivity contribution < 1.29 is 13.9 Å². The molecule has 2 N–H and O–H groups in total. The van der Waals surface area contributed by atoms with E-state index >= 15 is 0 Å². The first kappa shape index (κ1) is 14.9. The molecule has 0 spiro atoms. The zero-order chi connectivity index (χ0) is 14.5. The Morgan fingerprint density at radius 2 is 2.30 bits per heavy atom. The molecule has 3 atom stereocenters. The number of rotatable bonds is 5. The third-order valence-electron chi connectivity index (χ3n) is 3.92. The van der Waals surface area contributed by atoms with E-state index in [4.69, 9.17) is 9.15 Å². The minimum Gasteiger partial charge on any atom is -0.464 e. The Hall–Kier alpha value is -1.49. The van der Waals surface area contributed by atoms with Gasteiger partial charge in [0, 0.05) is 13.2 Å². The maximum absolute atomic E-state index is 12.1. The predicted octanol–water partition coefficient (Wildman–Crippen LogP) is 2.76. The molecule has 112 valence electrons. The smallest absolute Gasteiger partial charge is 0.315 e. The molecule has 0 aromatic carbocycles. The largest absolute Gasteiger partial charge is 0.464 e. The van der Waals surface area contributed by atoms with E-state index in [1.165, 1.54) is 12.8 Å². The zero-order valence-corrected chi connectivity index (χ0v) is 12.4. The van der Waals surface area contributed by atoms with Crippen molar-refractivity contribution in [2.75, 3.05) is 13.7 Å². The molecule has 1 heterocycles. The molecule has 1 aliphatic carbocycles. The van der Waals surface area contributed by atoms with Crippen LogP contribution in [0.5, 0.6) is 0 Å². The van der Waals surface area contributed by atoms with Gasteiger partial charge in [-0.2, -0.15) is 0 Å². The molecular formula is C15H24N2O3. The summed E-state index contributed by atoms with van der Waals surface area (Å²) in [6.07, 6.45) is 3.43. The van der Waals surface area contributed by atoms with Crippen molar-refractivity contribution in [2.24, 2.45) is 5.92 Å². The SMILES string of the molecule is COC[C@@H](NC(=O)N[C@@H]1CCC[C@@H]1C)c1ccc(C)o1. The summed E-state index contributed by atoms with van der Waals surface area (Å²) in [4.78, 5) is 12.1. The van der Waals surface area contributed by atoms with Crippen LogP contribution < -0.4 is 10.6 Å². The lowest BCUT2D eigenvalue weighted by atomic mass is 10.1. The van der Waals surface area contributed by atoms with Crippen LogP contribution in [0.25, 0.3) is 0 Å². The number of hydrogen-bond acceptors (Lipinski definition) is 3. The molecule has 0 unspecified atom stereocenters. The number of hydrogen-bond donors (Lipinski definition) is 2. The first-order valence-electron chi connectivity index (χ1n) is 7.22. The molecule has 0 bridgehead atoms. The highest BCUT2D eigenvalue weighted by Crippen LogP contribution is 2.24. The van der Waals surface area contributed by atoms with Gasteiger partial charge in [0.25, 0.3) is 0 Å². The molecule has 5 heteroatoms. The predicted molar refractivity (Wildman–Crippen MR) is 76.5 cm³/mol. The standard InChI is InChI=1S/C15H24N2O3/c1-10-5-4-6-12(10)16-15(18)17-13(9-19-3)14-8-7-11(2)20-14/h7-8,10,12-13H,4-6,9H2,1-3H3,(H2,16,17,18)/t10-,12+,13+/m0/s1. The van der Waals surface area contributed by atoms with Gasteiger partial charge in [0.2, 0.25) is 0 Å². The first-order chi connectivity index (χ1) is 9.60. The molecule has 1 saturated carbocycles. The summed E-state index contributed by atoms with van der Waals surface area (Å²) in [5.74, 6) is 2.10. The number of urea groups is 1. The second-order valence-electron chi connectivity index (χ2n) is 5.59. The van der Waals surface area contributed by atoms with Gasteiger partial charge >= 0.3 is 6.03 Å². The van der Waals surface area contributed by atoms with Crippen LogP contribution in [0.3, 0.4) is 0 Å². The van der Waals surface area contributed by atoms with E-state index in [2.05, 4.69) is 17.6 Å². The lowest BCUT2D eigenvalue weighted by Gasteiger charge is -2.21. The fraction of sp³-hybridized carbons (Fsp3) is 0.667. The van der Waals surface area contributed by atoms with Crippen LogP contribution in [0.4, 0.5) is 4.79 Å². The van der Waals surface area contributed by atoms with E-state index in [0.717, 1.165) is 17.9 Å². The van der Waals surface area contributed by atoms with Crippen LogP contribution in [0.2, 0.25) is 0 Å². The third kappa shape index (κ3) is 3.76. The van der Waals surface area contributed by atoms with Crippen LogP contribution in [0.1, 0.15) is 43.7 Å². The summed E-state index contributed by atoms with van der Waals surface area (Å²) < 4.78 is 10.7. The molecule has 5 nitrogen and oxygen atoms in total. The number of carbonyl (C=O) groups excluding carboxylic acids is 1. The number of furan rings is 1. The lowest BCUT2D eigenvalue weighted by Crippen LogP contribution is -2.45. The van der Waals surface area contributed by atoms with Crippen LogP contribution in [0, 0.1) is 12.8 Å². The van der Waals surface area contributed by atoms with Gasteiger partial charge in [0.15, 0.2) is 0 Å². The van der Waals surface area contributed by atoms with E-state index in [-0.39, 0.29) is 18.1 Å². The summed E-state index contributed by atoms with van der Waals surface area (Å²) >= 11 is 0. The highest BCUT2D eigenvalue weighted by Gasteiger charge is 2.26. The average Bonchev–Trinajstić information content (AvgIpc) is 2.99. The Kier molecular flexibility index (Phi) is 5.06. The zero-order valence-electron chi connectivity index (χ0n) is 12.4. The number of methoxy groups -OCH3 is 1. The van der Waals surface area contributed by atoms with E-state index in [0.29, 0.717) is 12.5 Å². The van der Waals surface area contributed by atoms with Gasteiger partial charge in [0.1, 0.15) is 17.6 Å². The molecule has 2 rings (SSSR count). The van der Waals surface area contributed by atoms with Crippen LogP contribution in [-0.4, -0.2) is 25.8 Å². The van der Waals surface area contributed by atoms with Gasteiger partial charge in [-0.05, 0) is 37.8 Å². The Bertz CT molecular complexity index is 444. The maximum Gasteiger partial charge on any atom is 0.315 e. The second kappa shape index (κ2) is 6.79. The van der Waals surface area contributed by atoms with Crippen molar-refractivity contribution in [3.05, 3.63) is 23.7 Å². The summed E-state index contributed by atoms with van der Waals surface area (Å²) in [7, 11) is 1.61. The Labute approximate surface area is 120 Å². The fourth-order valence-corrected chi connectivity index (χ4v) is 2.73. The van der Waals surface area contributed by atoms with Crippen LogP contribution >= 0.6 is 0 Å². The van der Waals surface area contributed by atoms with E-state index < -0.39 is 0 Å². The summed E-state index contributed by atoms with van der Waals surface area (Å²) in [6.45, 7) is 4.45. The third-order valence-corrected chi connectivity index (χ3v) is 3.92. The number of carbonyl (C=O) groups is 1. The maximum atomic E-state index is 12.1. The van der Waals surface area contributed by atoms with Gasteiger partial charge in [-0.1, -0.05) is 13.3 Å². The van der Waals surface area contributed by atoms with Gasteiger partial charge in [-0.25, -0.2) is 4.79 Å². The summed E-state index contributed by atoms with van der Waals surface area (Å²) in [5.41, 5.74) is 0. The number of nitrogens with one attached hydrogen (secondary N) is 2. The van der Waals surface area contributed by atoms with Crippen molar-refractivity contribution in [1.82, 2.24) is 10.6 Å². The molecule has 2 amide bonds. The summed E-state index contributed by atoms with van der Waals surface area (Å²) in [5, 5.41) is 5.97. The number of amides is 2. The second-order valence-corrected chi connectivity index (χ2v) is 5.59. The quantitative estimate of drug-likeness (QED) is 0.871.